The number of amides is 1. The van der Waals surface area contributed by atoms with E-state index in [1.165, 1.54) is 41.8 Å². The van der Waals surface area contributed by atoms with Crippen LogP contribution in [0.3, 0.4) is 0 Å². The third-order valence-electron chi connectivity index (χ3n) is 5.55. The molecule has 0 spiro atoms. The molecule has 0 radical (unpaired) electrons. The Hall–Kier alpha value is -2.14. The van der Waals surface area contributed by atoms with E-state index >= 15 is 0 Å². The molecule has 1 aromatic heterocycles. The Labute approximate surface area is 165 Å². The predicted octanol–water partition coefficient (Wildman–Crippen LogP) is 4.63. The van der Waals surface area contributed by atoms with Gasteiger partial charge in [0.05, 0.1) is 11.1 Å². The van der Waals surface area contributed by atoms with Crippen LogP contribution in [0.4, 0.5) is 5.69 Å². The molecule has 1 aliphatic heterocycles. The standard InChI is InChI=1S/C22H27N3OS/c1-16-5-10-20-18(13-16)14-21(27-20)22(26)24-23-15-17-6-8-19(9-7-17)25-11-3-2-4-12-25/h6-9,14-16H,2-5,10-13H2,1H3,(H,24,26)/b23-15-/t16-/m1/s1. The van der Waals surface area contributed by atoms with E-state index in [0.29, 0.717) is 5.92 Å². The van der Waals surface area contributed by atoms with Crippen LogP contribution in [-0.2, 0) is 12.8 Å². The Balaban J connectivity index is 1.34. The van der Waals surface area contributed by atoms with Crippen molar-refractivity contribution >= 4 is 29.1 Å². The summed E-state index contributed by atoms with van der Waals surface area (Å²) in [5, 5.41) is 4.15. The fraction of sp³-hybridized carbons (Fsp3) is 0.455. The molecule has 1 N–H and O–H groups in total. The monoisotopic (exact) mass is 381 g/mol. The van der Waals surface area contributed by atoms with Crippen LogP contribution in [0.2, 0.25) is 0 Å². The molecular formula is C22H27N3OS. The zero-order chi connectivity index (χ0) is 18.6. The lowest BCUT2D eigenvalue weighted by Gasteiger charge is -2.28. The average molecular weight is 382 g/mol. The van der Waals surface area contributed by atoms with Crippen LogP contribution in [0.1, 0.15) is 58.3 Å². The zero-order valence-corrected chi connectivity index (χ0v) is 16.7. The number of nitrogens with zero attached hydrogens (tertiary/aromatic N) is 2. The predicted molar refractivity (Wildman–Crippen MR) is 113 cm³/mol. The average Bonchev–Trinajstić information content (AvgIpc) is 3.12. The molecule has 0 saturated carbocycles. The van der Waals surface area contributed by atoms with Crippen molar-refractivity contribution < 1.29 is 4.79 Å². The van der Waals surface area contributed by atoms with Crippen LogP contribution in [0, 0.1) is 5.92 Å². The van der Waals surface area contributed by atoms with Gasteiger partial charge in [0, 0.05) is 23.7 Å². The van der Waals surface area contributed by atoms with Crippen LogP contribution in [0.25, 0.3) is 0 Å². The van der Waals surface area contributed by atoms with Gasteiger partial charge in [-0.15, -0.1) is 11.3 Å². The number of hydrogen-bond acceptors (Lipinski definition) is 4. The van der Waals surface area contributed by atoms with Crippen molar-refractivity contribution in [3.8, 4) is 0 Å². The highest BCUT2D eigenvalue weighted by atomic mass is 32.1. The molecule has 2 heterocycles. The Kier molecular flexibility index (Phi) is 5.58. The number of anilines is 1. The smallest absolute Gasteiger partial charge is 0.281 e. The number of fused-ring (bicyclic) bond motifs is 1. The van der Waals surface area contributed by atoms with E-state index in [2.05, 4.69) is 46.6 Å². The van der Waals surface area contributed by atoms with Crippen molar-refractivity contribution in [3.63, 3.8) is 0 Å². The molecule has 27 heavy (non-hydrogen) atoms. The van der Waals surface area contributed by atoms with Crippen LogP contribution in [0.15, 0.2) is 35.4 Å². The molecule has 1 atom stereocenters. The van der Waals surface area contributed by atoms with Gasteiger partial charge in [0.25, 0.3) is 5.91 Å². The summed E-state index contributed by atoms with van der Waals surface area (Å²) in [4.78, 5) is 17.0. The van der Waals surface area contributed by atoms with E-state index in [9.17, 15) is 4.79 Å². The second-order valence-electron chi connectivity index (χ2n) is 7.75. The van der Waals surface area contributed by atoms with Gasteiger partial charge >= 0.3 is 0 Å². The first kappa shape index (κ1) is 18.2. The lowest BCUT2D eigenvalue weighted by atomic mass is 9.90. The second kappa shape index (κ2) is 8.26. The second-order valence-corrected chi connectivity index (χ2v) is 8.88. The molecule has 1 amide bonds. The molecule has 1 aromatic carbocycles. The van der Waals surface area contributed by atoms with Crippen LogP contribution in [-0.4, -0.2) is 25.2 Å². The first-order valence-corrected chi connectivity index (χ1v) is 10.8. The SMILES string of the molecule is C[C@@H]1CCc2sc(C(=O)N/N=C\c3ccc(N4CCCCC4)cc3)cc2C1. The minimum absolute atomic E-state index is 0.108. The molecule has 0 unspecified atom stereocenters. The summed E-state index contributed by atoms with van der Waals surface area (Å²) in [6.45, 7) is 4.57. The maximum atomic E-state index is 12.4. The van der Waals surface area contributed by atoms with Crippen LogP contribution >= 0.6 is 11.3 Å². The van der Waals surface area contributed by atoms with Crippen molar-refractivity contribution in [3.05, 3.63) is 51.2 Å². The quantitative estimate of drug-likeness (QED) is 0.620. The highest BCUT2D eigenvalue weighted by molar-refractivity contribution is 7.14. The third-order valence-corrected chi connectivity index (χ3v) is 6.78. The maximum absolute atomic E-state index is 12.4. The zero-order valence-electron chi connectivity index (χ0n) is 15.9. The summed E-state index contributed by atoms with van der Waals surface area (Å²) in [6.07, 6.45) is 9.02. The van der Waals surface area contributed by atoms with Crippen molar-refractivity contribution in [1.29, 1.82) is 0 Å². The van der Waals surface area contributed by atoms with E-state index in [0.717, 1.165) is 36.4 Å². The summed E-state index contributed by atoms with van der Waals surface area (Å²) in [5.41, 5.74) is 6.29. The summed E-state index contributed by atoms with van der Waals surface area (Å²) in [7, 11) is 0. The molecule has 0 bridgehead atoms. The highest BCUT2D eigenvalue weighted by Crippen LogP contribution is 2.32. The van der Waals surface area contributed by atoms with Gasteiger partial charge in [-0.1, -0.05) is 19.1 Å². The van der Waals surface area contributed by atoms with E-state index in [-0.39, 0.29) is 5.91 Å². The summed E-state index contributed by atoms with van der Waals surface area (Å²) >= 11 is 1.62. The number of thiophene rings is 1. The number of piperidine rings is 1. The largest absolute Gasteiger partial charge is 0.372 e. The van der Waals surface area contributed by atoms with E-state index in [4.69, 9.17) is 0 Å². The van der Waals surface area contributed by atoms with Crippen LogP contribution < -0.4 is 10.3 Å². The molecule has 142 valence electrons. The molecule has 1 fully saturated rings. The van der Waals surface area contributed by atoms with E-state index in [1.54, 1.807) is 17.6 Å². The van der Waals surface area contributed by atoms with Gasteiger partial charge < -0.3 is 4.90 Å². The summed E-state index contributed by atoms with van der Waals surface area (Å²) in [5.74, 6) is 0.609. The molecule has 4 rings (SSSR count). The van der Waals surface area contributed by atoms with Crippen molar-refractivity contribution in [2.24, 2.45) is 11.0 Å². The summed E-state index contributed by atoms with van der Waals surface area (Å²) < 4.78 is 0. The number of nitrogens with one attached hydrogen (secondary N) is 1. The number of carbonyl (C=O) groups excluding carboxylic acids is 1. The fourth-order valence-electron chi connectivity index (χ4n) is 3.96. The minimum atomic E-state index is -0.108. The number of aryl methyl sites for hydroxylation is 1. The first-order chi connectivity index (χ1) is 13.2. The van der Waals surface area contributed by atoms with Crippen molar-refractivity contribution in [2.75, 3.05) is 18.0 Å². The van der Waals surface area contributed by atoms with E-state index < -0.39 is 0 Å². The number of carbonyl (C=O) groups is 1. The van der Waals surface area contributed by atoms with Crippen molar-refractivity contribution in [2.45, 2.75) is 45.4 Å². The van der Waals surface area contributed by atoms with Gasteiger partial charge in [-0.2, -0.15) is 5.10 Å². The first-order valence-electron chi connectivity index (χ1n) is 9.99. The Morgan fingerprint density at radius 1 is 1.22 bits per heavy atom. The molecular weight excluding hydrogens is 354 g/mol. The van der Waals surface area contributed by atoms with E-state index in [1.807, 2.05) is 6.07 Å². The number of hydrazone groups is 1. The van der Waals surface area contributed by atoms with Gasteiger partial charge in [0.1, 0.15) is 0 Å². The Morgan fingerprint density at radius 3 is 2.78 bits per heavy atom. The molecule has 2 aromatic rings. The minimum Gasteiger partial charge on any atom is -0.372 e. The topological polar surface area (TPSA) is 44.7 Å². The number of rotatable bonds is 4. The van der Waals surface area contributed by atoms with Gasteiger partial charge in [0.15, 0.2) is 0 Å². The van der Waals surface area contributed by atoms with Gasteiger partial charge in [-0.25, -0.2) is 5.43 Å². The summed E-state index contributed by atoms with van der Waals surface area (Å²) in [6, 6.07) is 10.5. The molecule has 2 aliphatic rings. The fourth-order valence-corrected chi connectivity index (χ4v) is 5.06. The maximum Gasteiger partial charge on any atom is 0.281 e. The van der Waals surface area contributed by atoms with Gasteiger partial charge in [0.2, 0.25) is 0 Å². The van der Waals surface area contributed by atoms with Crippen molar-refractivity contribution in [1.82, 2.24) is 5.43 Å². The highest BCUT2D eigenvalue weighted by Gasteiger charge is 2.20. The molecule has 1 saturated heterocycles. The molecule has 5 heteroatoms. The lowest BCUT2D eigenvalue weighted by molar-refractivity contribution is 0.0959. The third kappa shape index (κ3) is 4.41. The molecule has 1 aliphatic carbocycles. The van der Waals surface area contributed by atoms with Crippen LogP contribution in [0.5, 0.6) is 0 Å². The Bertz CT molecular complexity index is 819. The lowest BCUT2D eigenvalue weighted by Crippen LogP contribution is -2.29. The Morgan fingerprint density at radius 2 is 2.00 bits per heavy atom. The van der Waals surface area contributed by atoms with Gasteiger partial charge in [-0.3, -0.25) is 4.79 Å². The van der Waals surface area contributed by atoms with Gasteiger partial charge in [-0.05, 0) is 73.8 Å². The normalized spacial score (nSPS) is 19.9. The number of hydrogen-bond donors (Lipinski definition) is 1. The molecule has 4 nitrogen and oxygen atoms in total. The number of benzene rings is 1.